The van der Waals surface area contributed by atoms with Gasteiger partial charge in [-0.15, -0.1) is 0 Å². The van der Waals surface area contributed by atoms with Crippen LogP contribution in [0.15, 0.2) is 12.1 Å². The van der Waals surface area contributed by atoms with Crippen molar-refractivity contribution in [1.82, 2.24) is 0 Å². The fourth-order valence-corrected chi connectivity index (χ4v) is 1.74. The van der Waals surface area contributed by atoms with Crippen LogP contribution in [-0.2, 0) is 0 Å². The maximum Gasteiger partial charge on any atom is 0.389 e. The van der Waals surface area contributed by atoms with Crippen LogP contribution >= 0.6 is 0 Å². The number of hydrogen-bond acceptors (Lipinski definition) is 6. The summed E-state index contributed by atoms with van der Waals surface area (Å²) in [6.07, 6.45) is 0. The zero-order valence-electron chi connectivity index (χ0n) is 9.99. The van der Waals surface area contributed by atoms with Crippen LogP contribution < -0.4 is 4.90 Å². The summed E-state index contributed by atoms with van der Waals surface area (Å²) in [5.41, 5.74) is -1.41. The van der Waals surface area contributed by atoms with E-state index >= 15 is 0 Å². The Morgan fingerprint density at radius 2 is 1.61 bits per heavy atom. The lowest BCUT2D eigenvalue weighted by Crippen LogP contribution is -2.23. The third-order valence-electron chi connectivity index (χ3n) is 2.58. The summed E-state index contributed by atoms with van der Waals surface area (Å²) in [4.78, 5) is 21.6. The summed E-state index contributed by atoms with van der Waals surface area (Å²) in [7, 11) is 0. The second-order valence-electron chi connectivity index (χ2n) is 3.49. The summed E-state index contributed by atoms with van der Waals surface area (Å²) in [6, 6.07) is 2.41. The molecule has 0 amide bonds. The SMILES string of the molecule is CCN(CC)c1ccc(O)c([N+](=O)[O-])c1[N+](=O)[O-]. The molecule has 0 spiro atoms. The molecule has 1 N–H and O–H groups in total. The lowest BCUT2D eigenvalue weighted by atomic mass is 10.2. The standard InChI is InChI=1S/C10H13N3O5/c1-3-11(4-2)7-5-6-8(14)10(13(17)18)9(7)12(15)16/h5-6,14H,3-4H2,1-2H3. The number of anilines is 1. The molecule has 1 rings (SSSR count). The average Bonchev–Trinajstić information content (AvgIpc) is 2.31. The van der Waals surface area contributed by atoms with E-state index in [-0.39, 0.29) is 5.69 Å². The molecular weight excluding hydrogens is 242 g/mol. The Morgan fingerprint density at radius 3 is 2.00 bits per heavy atom. The Kier molecular flexibility index (Phi) is 4.03. The van der Waals surface area contributed by atoms with Crippen molar-refractivity contribution < 1.29 is 15.0 Å². The Hall–Kier alpha value is -2.38. The Morgan fingerprint density at radius 1 is 1.11 bits per heavy atom. The van der Waals surface area contributed by atoms with Crippen LogP contribution in [0.3, 0.4) is 0 Å². The van der Waals surface area contributed by atoms with Crippen molar-refractivity contribution in [2.45, 2.75) is 13.8 Å². The summed E-state index contributed by atoms with van der Waals surface area (Å²) in [5, 5.41) is 31.2. The highest BCUT2D eigenvalue weighted by atomic mass is 16.6. The minimum absolute atomic E-state index is 0.134. The van der Waals surface area contributed by atoms with Gasteiger partial charge >= 0.3 is 11.4 Å². The van der Waals surface area contributed by atoms with Crippen LogP contribution in [0.1, 0.15) is 13.8 Å². The maximum absolute atomic E-state index is 11.0. The molecule has 0 aromatic heterocycles. The van der Waals surface area contributed by atoms with Gasteiger partial charge in [0.1, 0.15) is 5.69 Å². The molecule has 0 atom stereocenters. The van der Waals surface area contributed by atoms with Gasteiger partial charge in [-0.05, 0) is 26.0 Å². The molecular formula is C10H13N3O5. The lowest BCUT2D eigenvalue weighted by Gasteiger charge is -2.20. The Labute approximate surface area is 103 Å². The average molecular weight is 255 g/mol. The highest BCUT2D eigenvalue weighted by Gasteiger charge is 2.34. The molecule has 18 heavy (non-hydrogen) atoms. The predicted octanol–water partition coefficient (Wildman–Crippen LogP) is 2.05. The zero-order valence-corrected chi connectivity index (χ0v) is 9.99. The van der Waals surface area contributed by atoms with Crippen LogP contribution in [-0.4, -0.2) is 28.0 Å². The second kappa shape index (κ2) is 5.30. The predicted molar refractivity (Wildman–Crippen MR) is 65.0 cm³/mol. The lowest BCUT2D eigenvalue weighted by molar-refractivity contribution is -0.422. The van der Waals surface area contributed by atoms with Gasteiger partial charge in [-0.1, -0.05) is 0 Å². The first kappa shape index (κ1) is 13.7. The number of hydrogen-bond donors (Lipinski definition) is 1. The van der Waals surface area contributed by atoms with E-state index in [1.54, 1.807) is 18.7 Å². The van der Waals surface area contributed by atoms with E-state index in [9.17, 15) is 25.3 Å². The van der Waals surface area contributed by atoms with Crippen LogP contribution in [0.25, 0.3) is 0 Å². The van der Waals surface area contributed by atoms with E-state index in [4.69, 9.17) is 0 Å². The molecule has 0 aliphatic heterocycles. The fourth-order valence-electron chi connectivity index (χ4n) is 1.74. The molecule has 0 saturated heterocycles. The monoisotopic (exact) mass is 255 g/mol. The number of nitro groups is 2. The Bertz CT molecular complexity index is 485. The molecule has 0 fully saturated rings. The van der Waals surface area contributed by atoms with Gasteiger partial charge in [-0.25, -0.2) is 0 Å². The summed E-state index contributed by atoms with van der Waals surface area (Å²) in [5.74, 6) is -0.706. The summed E-state index contributed by atoms with van der Waals surface area (Å²) < 4.78 is 0. The van der Waals surface area contributed by atoms with Gasteiger partial charge < -0.3 is 10.0 Å². The first-order valence-corrected chi connectivity index (χ1v) is 5.33. The first-order valence-electron chi connectivity index (χ1n) is 5.33. The van der Waals surface area contributed by atoms with Gasteiger partial charge in [0.05, 0.1) is 9.85 Å². The van der Waals surface area contributed by atoms with Crippen molar-refractivity contribution in [2.24, 2.45) is 0 Å². The number of benzene rings is 1. The van der Waals surface area contributed by atoms with Crippen LogP contribution in [0.2, 0.25) is 0 Å². The van der Waals surface area contributed by atoms with Crippen molar-refractivity contribution in [3.8, 4) is 5.75 Å². The van der Waals surface area contributed by atoms with E-state index in [1.807, 2.05) is 0 Å². The fraction of sp³-hybridized carbons (Fsp3) is 0.400. The molecule has 8 nitrogen and oxygen atoms in total. The van der Waals surface area contributed by atoms with Crippen molar-refractivity contribution >= 4 is 17.1 Å². The van der Waals surface area contributed by atoms with Gasteiger partial charge in [-0.2, -0.15) is 0 Å². The van der Waals surface area contributed by atoms with Crippen molar-refractivity contribution in [3.63, 3.8) is 0 Å². The number of rotatable bonds is 5. The molecule has 98 valence electrons. The van der Waals surface area contributed by atoms with Crippen LogP contribution in [0, 0.1) is 20.2 Å². The first-order chi connectivity index (χ1) is 8.43. The molecule has 0 aliphatic carbocycles. The smallest absolute Gasteiger partial charge is 0.389 e. The number of nitro benzene ring substituents is 2. The van der Waals surface area contributed by atoms with Gasteiger partial charge in [0.2, 0.25) is 5.75 Å². The van der Waals surface area contributed by atoms with Crippen LogP contribution in [0.5, 0.6) is 5.75 Å². The van der Waals surface area contributed by atoms with Crippen molar-refractivity contribution in [1.29, 1.82) is 0 Å². The van der Waals surface area contributed by atoms with Gasteiger partial charge in [0, 0.05) is 13.1 Å². The minimum atomic E-state index is -0.944. The van der Waals surface area contributed by atoms with E-state index in [0.717, 1.165) is 6.07 Å². The molecule has 1 aromatic carbocycles. The van der Waals surface area contributed by atoms with Crippen molar-refractivity contribution in [2.75, 3.05) is 18.0 Å². The van der Waals surface area contributed by atoms with Gasteiger partial charge in [0.25, 0.3) is 0 Å². The number of phenolic OH excluding ortho intramolecular Hbond substituents is 1. The minimum Gasteiger partial charge on any atom is -0.502 e. The molecule has 1 aromatic rings. The number of aromatic hydroxyl groups is 1. The third kappa shape index (κ3) is 2.31. The summed E-state index contributed by atoms with van der Waals surface area (Å²) >= 11 is 0. The topological polar surface area (TPSA) is 110 Å². The third-order valence-corrected chi connectivity index (χ3v) is 2.58. The van der Waals surface area contributed by atoms with Gasteiger partial charge in [0.15, 0.2) is 0 Å². The van der Waals surface area contributed by atoms with Crippen LogP contribution in [0.4, 0.5) is 17.1 Å². The highest BCUT2D eigenvalue weighted by molar-refractivity contribution is 5.76. The number of phenols is 1. The molecule has 0 radical (unpaired) electrons. The van der Waals surface area contributed by atoms with E-state index in [0.29, 0.717) is 13.1 Å². The molecule has 0 heterocycles. The molecule has 0 unspecified atom stereocenters. The van der Waals surface area contributed by atoms with E-state index in [1.165, 1.54) is 6.07 Å². The van der Waals surface area contributed by atoms with E-state index < -0.39 is 27.0 Å². The van der Waals surface area contributed by atoms with E-state index in [2.05, 4.69) is 0 Å². The quantitative estimate of drug-likeness (QED) is 0.636. The molecule has 8 heteroatoms. The normalized spacial score (nSPS) is 10.1. The molecule has 0 saturated carbocycles. The molecule has 0 aliphatic rings. The van der Waals surface area contributed by atoms with Gasteiger partial charge in [-0.3, -0.25) is 20.2 Å². The zero-order chi connectivity index (χ0) is 13.9. The maximum atomic E-state index is 11.0. The van der Waals surface area contributed by atoms with Crippen molar-refractivity contribution in [3.05, 3.63) is 32.4 Å². The second-order valence-corrected chi connectivity index (χ2v) is 3.49. The highest BCUT2D eigenvalue weighted by Crippen LogP contribution is 2.42. The largest absolute Gasteiger partial charge is 0.502 e. The Balaban J connectivity index is 3.58. The number of nitrogens with zero attached hydrogens (tertiary/aromatic N) is 3. The summed E-state index contributed by atoms with van der Waals surface area (Å²) in [6.45, 7) is 4.51. The molecule has 0 bridgehead atoms.